The topological polar surface area (TPSA) is 72.0 Å². The average Bonchev–Trinajstić information content (AvgIpc) is 3.35. The summed E-state index contributed by atoms with van der Waals surface area (Å²) in [5.74, 6) is -0.598. The molecule has 1 aromatic heterocycles. The first-order valence-corrected chi connectivity index (χ1v) is 10.7. The van der Waals surface area contributed by atoms with Crippen LogP contribution in [0.5, 0.6) is 5.75 Å². The summed E-state index contributed by atoms with van der Waals surface area (Å²) in [6.07, 6.45) is 3.37. The number of hydroxylamine groups is 1. The van der Waals surface area contributed by atoms with E-state index in [-0.39, 0.29) is 11.8 Å². The summed E-state index contributed by atoms with van der Waals surface area (Å²) in [5, 5.41) is 1.68. The SMILES string of the molecule is CCCOc1ccc(N2C(=O)[C@@H]3[C@@H](ON(c4ccccc4)[C@H]3c3ccncc3)C2=O)cc1. The third-order valence-corrected chi connectivity index (χ3v) is 5.74. The third-order valence-electron chi connectivity index (χ3n) is 5.74. The van der Waals surface area contributed by atoms with E-state index < -0.39 is 18.1 Å². The van der Waals surface area contributed by atoms with E-state index in [1.807, 2.05) is 49.4 Å². The number of hydrogen-bond donors (Lipinski definition) is 0. The van der Waals surface area contributed by atoms with E-state index >= 15 is 0 Å². The lowest BCUT2D eigenvalue weighted by Crippen LogP contribution is -2.37. The number of benzene rings is 2. The van der Waals surface area contributed by atoms with Gasteiger partial charge in [-0.05, 0) is 60.5 Å². The van der Waals surface area contributed by atoms with Gasteiger partial charge in [0.05, 0.1) is 24.0 Å². The van der Waals surface area contributed by atoms with E-state index in [0.29, 0.717) is 18.0 Å². The fourth-order valence-corrected chi connectivity index (χ4v) is 4.28. The van der Waals surface area contributed by atoms with E-state index in [0.717, 1.165) is 17.7 Å². The van der Waals surface area contributed by atoms with Gasteiger partial charge < -0.3 is 4.74 Å². The number of aromatic nitrogens is 1. The van der Waals surface area contributed by atoms with Crippen LogP contribution in [0, 0.1) is 5.92 Å². The van der Waals surface area contributed by atoms with Crippen molar-refractivity contribution < 1.29 is 19.2 Å². The maximum absolute atomic E-state index is 13.6. The van der Waals surface area contributed by atoms with Crippen LogP contribution in [0.4, 0.5) is 11.4 Å². The van der Waals surface area contributed by atoms with Gasteiger partial charge in [0.15, 0.2) is 6.10 Å². The summed E-state index contributed by atoms with van der Waals surface area (Å²) in [7, 11) is 0. The molecule has 3 aromatic rings. The molecule has 3 atom stereocenters. The Morgan fingerprint density at radius 3 is 2.31 bits per heavy atom. The van der Waals surface area contributed by atoms with Crippen LogP contribution >= 0.6 is 0 Å². The normalized spacial score (nSPS) is 22.3. The zero-order chi connectivity index (χ0) is 22.1. The second-order valence-corrected chi connectivity index (χ2v) is 7.79. The Bertz CT molecular complexity index is 1110. The summed E-state index contributed by atoms with van der Waals surface area (Å²) < 4.78 is 5.61. The molecule has 7 nitrogen and oxygen atoms in total. The van der Waals surface area contributed by atoms with Gasteiger partial charge >= 0.3 is 0 Å². The molecule has 2 aliphatic rings. The largest absolute Gasteiger partial charge is 0.494 e. The predicted molar refractivity (Wildman–Crippen MR) is 119 cm³/mol. The van der Waals surface area contributed by atoms with Crippen molar-refractivity contribution in [2.24, 2.45) is 5.92 Å². The highest BCUT2D eigenvalue weighted by molar-refractivity contribution is 6.23. The van der Waals surface area contributed by atoms with Crippen molar-refractivity contribution in [3.05, 3.63) is 84.7 Å². The quantitative estimate of drug-likeness (QED) is 0.553. The summed E-state index contributed by atoms with van der Waals surface area (Å²) in [6.45, 7) is 2.65. The van der Waals surface area contributed by atoms with Crippen molar-refractivity contribution in [3.63, 3.8) is 0 Å². The molecule has 0 unspecified atom stereocenters. The van der Waals surface area contributed by atoms with Crippen LogP contribution in [-0.4, -0.2) is 29.5 Å². The highest BCUT2D eigenvalue weighted by Gasteiger charge is 2.60. The average molecular weight is 429 g/mol. The molecule has 0 aliphatic carbocycles. The number of imide groups is 1. The Morgan fingerprint density at radius 2 is 1.62 bits per heavy atom. The van der Waals surface area contributed by atoms with E-state index in [2.05, 4.69) is 4.98 Å². The molecule has 0 saturated carbocycles. The zero-order valence-corrected chi connectivity index (χ0v) is 17.6. The lowest BCUT2D eigenvalue weighted by molar-refractivity contribution is -0.126. The van der Waals surface area contributed by atoms with Crippen molar-refractivity contribution in [2.45, 2.75) is 25.5 Å². The molecular weight excluding hydrogens is 406 g/mol. The minimum atomic E-state index is -0.892. The van der Waals surface area contributed by atoms with Gasteiger partial charge in [-0.1, -0.05) is 25.1 Å². The predicted octanol–water partition coefficient (Wildman–Crippen LogP) is 3.92. The van der Waals surface area contributed by atoms with Crippen LogP contribution in [0.2, 0.25) is 0 Å². The van der Waals surface area contributed by atoms with E-state index in [1.54, 1.807) is 41.7 Å². The van der Waals surface area contributed by atoms with Crippen molar-refractivity contribution in [1.82, 2.24) is 4.98 Å². The first-order chi connectivity index (χ1) is 15.7. The van der Waals surface area contributed by atoms with Gasteiger partial charge in [0.1, 0.15) is 11.7 Å². The van der Waals surface area contributed by atoms with E-state index in [1.165, 1.54) is 4.90 Å². The Balaban J connectivity index is 1.49. The van der Waals surface area contributed by atoms with Crippen LogP contribution in [0.1, 0.15) is 24.9 Å². The molecule has 3 heterocycles. The van der Waals surface area contributed by atoms with Gasteiger partial charge in [-0.3, -0.25) is 19.4 Å². The third kappa shape index (κ3) is 3.40. The first-order valence-electron chi connectivity index (χ1n) is 10.7. The summed E-state index contributed by atoms with van der Waals surface area (Å²) in [5.41, 5.74) is 2.16. The van der Waals surface area contributed by atoms with Gasteiger partial charge in [0.25, 0.3) is 5.91 Å². The summed E-state index contributed by atoms with van der Waals surface area (Å²) in [6, 6.07) is 19.8. The van der Waals surface area contributed by atoms with Gasteiger partial charge in [0.2, 0.25) is 5.91 Å². The van der Waals surface area contributed by atoms with Crippen molar-refractivity contribution in [1.29, 1.82) is 0 Å². The zero-order valence-electron chi connectivity index (χ0n) is 17.6. The van der Waals surface area contributed by atoms with Crippen molar-refractivity contribution in [2.75, 3.05) is 16.6 Å². The number of amides is 2. The maximum atomic E-state index is 13.6. The van der Waals surface area contributed by atoms with Crippen LogP contribution in [0.3, 0.4) is 0 Å². The molecule has 5 rings (SSSR count). The number of carbonyl (C=O) groups is 2. The smallest absolute Gasteiger partial charge is 0.266 e. The molecule has 0 radical (unpaired) electrons. The summed E-state index contributed by atoms with van der Waals surface area (Å²) in [4.78, 5) is 38.3. The minimum absolute atomic E-state index is 0.275. The fourth-order valence-electron chi connectivity index (χ4n) is 4.28. The number of para-hydroxylation sites is 1. The highest BCUT2D eigenvalue weighted by Crippen LogP contribution is 2.47. The number of pyridine rings is 1. The maximum Gasteiger partial charge on any atom is 0.266 e. The lowest BCUT2D eigenvalue weighted by Gasteiger charge is -2.28. The van der Waals surface area contributed by atoms with E-state index in [4.69, 9.17) is 9.57 Å². The molecule has 2 aromatic carbocycles. The van der Waals surface area contributed by atoms with Gasteiger partial charge in [-0.15, -0.1) is 0 Å². The molecule has 32 heavy (non-hydrogen) atoms. The van der Waals surface area contributed by atoms with Gasteiger partial charge in [0, 0.05) is 12.4 Å². The van der Waals surface area contributed by atoms with E-state index in [9.17, 15) is 9.59 Å². The van der Waals surface area contributed by atoms with Crippen LogP contribution in [0.15, 0.2) is 79.1 Å². The molecule has 0 bridgehead atoms. The monoisotopic (exact) mass is 429 g/mol. The van der Waals surface area contributed by atoms with Crippen LogP contribution < -0.4 is 14.7 Å². The summed E-state index contributed by atoms with van der Waals surface area (Å²) >= 11 is 0. The molecule has 2 saturated heterocycles. The number of anilines is 2. The molecule has 2 aliphatic heterocycles. The second-order valence-electron chi connectivity index (χ2n) is 7.79. The molecule has 0 spiro atoms. The molecule has 0 N–H and O–H groups in total. The van der Waals surface area contributed by atoms with Crippen molar-refractivity contribution in [3.8, 4) is 5.75 Å². The highest BCUT2D eigenvalue weighted by atomic mass is 16.7. The van der Waals surface area contributed by atoms with Gasteiger partial charge in [-0.25, -0.2) is 9.96 Å². The standard InChI is InChI=1S/C25H23N3O4/c1-2-16-31-20-10-8-18(9-11-20)27-24(29)21-22(17-12-14-26-15-13-17)28(32-23(21)25(27)30)19-6-4-3-5-7-19/h3-15,21-23H,2,16H2,1H3/t21-,22-,23+/m0/s1. The molecule has 2 fully saturated rings. The Labute approximate surface area is 186 Å². The van der Waals surface area contributed by atoms with Crippen LogP contribution in [-0.2, 0) is 14.4 Å². The molecule has 7 heteroatoms. The Hall–Kier alpha value is -3.71. The molecule has 2 amide bonds. The second kappa shape index (κ2) is 8.43. The van der Waals surface area contributed by atoms with Crippen molar-refractivity contribution >= 4 is 23.2 Å². The number of nitrogens with zero attached hydrogens (tertiary/aromatic N) is 3. The Morgan fingerprint density at radius 1 is 0.906 bits per heavy atom. The van der Waals surface area contributed by atoms with Gasteiger partial charge in [-0.2, -0.15) is 0 Å². The number of rotatable bonds is 6. The molecule has 162 valence electrons. The lowest BCUT2D eigenvalue weighted by atomic mass is 9.91. The fraction of sp³-hybridized carbons (Fsp3) is 0.240. The minimum Gasteiger partial charge on any atom is -0.494 e. The molecular formula is C25H23N3O4. The number of carbonyl (C=O) groups excluding carboxylic acids is 2. The number of hydrogen-bond acceptors (Lipinski definition) is 6. The number of ether oxygens (including phenoxy) is 1. The first kappa shape index (κ1) is 20.2. The Kier molecular flexibility index (Phi) is 5.33. The van der Waals surface area contributed by atoms with Crippen LogP contribution in [0.25, 0.3) is 0 Å². The number of fused-ring (bicyclic) bond motifs is 1.